The van der Waals surface area contributed by atoms with E-state index in [4.69, 9.17) is 9.47 Å². The Bertz CT molecular complexity index is 1690. The molecule has 0 aliphatic rings. The van der Waals surface area contributed by atoms with Gasteiger partial charge < -0.3 is 20.1 Å². The molecule has 5 aromatic rings. The van der Waals surface area contributed by atoms with Crippen LogP contribution in [-0.2, 0) is 9.47 Å². The Labute approximate surface area is 262 Å². The summed E-state index contributed by atoms with van der Waals surface area (Å²) in [6.07, 6.45) is 4.56. The number of thiophene rings is 2. The van der Waals surface area contributed by atoms with Gasteiger partial charge in [-0.25, -0.2) is 9.59 Å². The van der Waals surface area contributed by atoms with Crippen molar-refractivity contribution in [2.75, 3.05) is 23.8 Å². The largest absolute Gasteiger partial charge is 0.462 e. The third kappa shape index (κ3) is 6.79. The summed E-state index contributed by atoms with van der Waals surface area (Å²) in [4.78, 5) is 56.4. The maximum absolute atomic E-state index is 13.2. The van der Waals surface area contributed by atoms with Crippen molar-refractivity contribution in [3.8, 4) is 0 Å². The molecule has 0 saturated heterocycles. The van der Waals surface area contributed by atoms with Crippen LogP contribution in [0.5, 0.6) is 0 Å². The molecule has 2 aromatic carbocycles. The predicted molar refractivity (Wildman–Crippen MR) is 174 cm³/mol. The minimum atomic E-state index is -0.535. The van der Waals surface area contributed by atoms with Crippen molar-refractivity contribution >= 4 is 76.6 Å². The van der Waals surface area contributed by atoms with Crippen molar-refractivity contribution in [2.45, 2.75) is 39.5 Å². The standard InChI is InChI=1S/C33H31N3O6S2/c1-3-5-17-41-32(39)26-21-11-7-9-13-24(21)43-30(26)35-28(37)20-15-16-23(34-19-20)29(38)36-31-27(33(40)42-18-6-4-2)22-12-8-10-14-25(22)44-31/h7-16,19H,3-6,17-18H2,1-2H3,(H,35,37)(H,36,38). The minimum absolute atomic E-state index is 0.0614. The number of aromatic nitrogens is 1. The van der Waals surface area contributed by atoms with Gasteiger partial charge in [-0.05, 0) is 37.1 Å². The molecule has 0 bridgehead atoms. The highest BCUT2D eigenvalue weighted by Crippen LogP contribution is 2.37. The highest BCUT2D eigenvalue weighted by molar-refractivity contribution is 7.24. The van der Waals surface area contributed by atoms with Crippen LogP contribution in [0.2, 0.25) is 0 Å². The van der Waals surface area contributed by atoms with E-state index >= 15 is 0 Å². The lowest BCUT2D eigenvalue weighted by atomic mass is 10.1. The first kappa shape index (κ1) is 30.8. The molecule has 0 aliphatic heterocycles. The maximum atomic E-state index is 13.2. The number of esters is 2. The van der Waals surface area contributed by atoms with E-state index < -0.39 is 23.8 Å². The van der Waals surface area contributed by atoms with Crippen LogP contribution in [0.25, 0.3) is 20.2 Å². The van der Waals surface area contributed by atoms with E-state index in [-0.39, 0.29) is 11.3 Å². The molecular formula is C33H31N3O6S2. The number of ether oxygens (including phenoxy) is 2. The highest BCUT2D eigenvalue weighted by atomic mass is 32.1. The maximum Gasteiger partial charge on any atom is 0.341 e. The zero-order chi connectivity index (χ0) is 31.1. The lowest BCUT2D eigenvalue weighted by Gasteiger charge is -2.09. The van der Waals surface area contributed by atoms with Gasteiger partial charge in [0.05, 0.1) is 18.8 Å². The summed E-state index contributed by atoms with van der Waals surface area (Å²) in [5.74, 6) is -2.01. The lowest BCUT2D eigenvalue weighted by molar-refractivity contribution is 0.0494. The van der Waals surface area contributed by atoms with Gasteiger partial charge in [0.1, 0.15) is 26.8 Å². The number of hydrogen-bond acceptors (Lipinski definition) is 9. The summed E-state index contributed by atoms with van der Waals surface area (Å²) >= 11 is 2.55. The Hall–Kier alpha value is -4.61. The van der Waals surface area contributed by atoms with E-state index in [0.29, 0.717) is 45.1 Å². The quantitative estimate of drug-likeness (QED) is 0.106. The Morgan fingerprint density at radius 2 is 1.18 bits per heavy atom. The van der Waals surface area contributed by atoms with E-state index in [1.807, 2.05) is 62.4 Å². The number of nitrogens with one attached hydrogen (secondary N) is 2. The first-order valence-electron chi connectivity index (χ1n) is 14.4. The molecular weight excluding hydrogens is 599 g/mol. The second kappa shape index (κ2) is 14.2. The minimum Gasteiger partial charge on any atom is -0.462 e. The van der Waals surface area contributed by atoms with Crippen molar-refractivity contribution in [1.82, 2.24) is 4.98 Å². The monoisotopic (exact) mass is 629 g/mol. The van der Waals surface area contributed by atoms with Crippen molar-refractivity contribution < 1.29 is 28.7 Å². The summed E-state index contributed by atoms with van der Waals surface area (Å²) in [6, 6.07) is 17.7. The van der Waals surface area contributed by atoms with Gasteiger partial charge in [0.15, 0.2) is 0 Å². The van der Waals surface area contributed by atoms with Crippen LogP contribution in [0.4, 0.5) is 10.0 Å². The molecule has 3 aromatic heterocycles. The van der Waals surface area contributed by atoms with Gasteiger partial charge in [-0.2, -0.15) is 0 Å². The summed E-state index contributed by atoms with van der Waals surface area (Å²) in [5, 5.41) is 7.76. The first-order chi connectivity index (χ1) is 21.4. The van der Waals surface area contributed by atoms with Crippen LogP contribution in [0.15, 0.2) is 66.9 Å². The molecule has 0 unspecified atom stereocenters. The van der Waals surface area contributed by atoms with Crippen molar-refractivity contribution in [1.29, 1.82) is 0 Å². The molecule has 0 radical (unpaired) electrons. The van der Waals surface area contributed by atoms with Gasteiger partial charge in [0, 0.05) is 26.4 Å². The van der Waals surface area contributed by atoms with Crippen molar-refractivity contribution in [3.63, 3.8) is 0 Å². The van der Waals surface area contributed by atoms with Crippen LogP contribution < -0.4 is 10.6 Å². The molecule has 2 amide bonds. The van der Waals surface area contributed by atoms with E-state index in [9.17, 15) is 19.2 Å². The topological polar surface area (TPSA) is 124 Å². The highest BCUT2D eigenvalue weighted by Gasteiger charge is 2.24. The Balaban J connectivity index is 1.32. The zero-order valence-corrected chi connectivity index (χ0v) is 25.9. The van der Waals surface area contributed by atoms with Gasteiger partial charge in [0.2, 0.25) is 0 Å². The van der Waals surface area contributed by atoms with E-state index in [1.165, 1.54) is 41.0 Å². The first-order valence-corrected chi connectivity index (χ1v) is 16.0. The third-order valence-corrected chi connectivity index (χ3v) is 8.95. The van der Waals surface area contributed by atoms with E-state index in [1.54, 1.807) is 0 Å². The van der Waals surface area contributed by atoms with Gasteiger partial charge >= 0.3 is 11.9 Å². The predicted octanol–water partition coefficient (Wildman–Crippen LogP) is 7.93. The average molecular weight is 630 g/mol. The normalized spacial score (nSPS) is 11.0. The molecule has 0 saturated carbocycles. The molecule has 2 N–H and O–H groups in total. The molecule has 226 valence electrons. The molecule has 0 aliphatic carbocycles. The van der Waals surface area contributed by atoms with Crippen molar-refractivity contribution in [3.05, 3.63) is 89.2 Å². The summed E-state index contributed by atoms with van der Waals surface area (Å²) < 4.78 is 12.6. The smallest absolute Gasteiger partial charge is 0.341 e. The Morgan fingerprint density at radius 3 is 1.66 bits per heavy atom. The van der Waals surface area contributed by atoms with Gasteiger partial charge in [-0.15, -0.1) is 22.7 Å². The molecule has 0 spiro atoms. The molecule has 0 atom stereocenters. The Kier molecular flexibility index (Phi) is 9.98. The fourth-order valence-corrected chi connectivity index (χ4v) is 6.61. The van der Waals surface area contributed by atoms with Crippen LogP contribution in [0.3, 0.4) is 0 Å². The molecule has 0 fully saturated rings. The number of hydrogen-bond donors (Lipinski definition) is 2. The zero-order valence-electron chi connectivity index (χ0n) is 24.3. The number of nitrogens with zero attached hydrogens (tertiary/aromatic N) is 1. The molecule has 5 rings (SSSR count). The Morgan fingerprint density at radius 1 is 0.682 bits per heavy atom. The van der Waals surface area contributed by atoms with E-state index in [2.05, 4.69) is 15.6 Å². The van der Waals surface area contributed by atoms with Gasteiger partial charge in [-0.1, -0.05) is 63.1 Å². The number of carbonyl (C=O) groups excluding carboxylic acids is 4. The number of rotatable bonds is 12. The molecule has 3 heterocycles. The fraction of sp³-hybridized carbons (Fsp3) is 0.242. The number of pyridine rings is 1. The molecule has 44 heavy (non-hydrogen) atoms. The average Bonchev–Trinajstić information content (AvgIpc) is 3.58. The van der Waals surface area contributed by atoms with Gasteiger partial charge in [0.25, 0.3) is 11.8 Å². The van der Waals surface area contributed by atoms with Crippen LogP contribution >= 0.6 is 22.7 Å². The van der Waals surface area contributed by atoms with Crippen LogP contribution in [0.1, 0.15) is 81.1 Å². The lowest BCUT2D eigenvalue weighted by Crippen LogP contribution is -2.18. The second-order valence-corrected chi connectivity index (χ2v) is 12.0. The number of unbranched alkanes of at least 4 members (excludes halogenated alkanes) is 2. The van der Waals surface area contributed by atoms with Crippen LogP contribution in [-0.4, -0.2) is 42.0 Å². The van der Waals surface area contributed by atoms with E-state index in [0.717, 1.165) is 35.1 Å². The second-order valence-electron chi connectivity index (χ2n) is 9.92. The summed E-state index contributed by atoms with van der Waals surface area (Å²) in [7, 11) is 0. The van der Waals surface area contributed by atoms with Crippen molar-refractivity contribution in [2.24, 2.45) is 0 Å². The SMILES string of the molecule is CCCCOC(=O)c1c(NC(=O)c2ccc(C(=O)Nc3sc4ccccc4c3C(=O)OCCCC)nc2)sc2ccccc12. The number of carbonyl (C=O) groups is 4. The number of amides is 2. The van der Waals surface area contributed by atoms with Gasteiger partial charge in [-0.3, -0.25) is 14.6 Å². The number of benzene rings is 2. The number of anilines is 2. The fourth-order valence-electron chi connectivity index (χ4n) is 4.44. The third-order valence-electron chi connectivity index (χ3n) is 6.77. The molecule has 11 heteroatoms. The molecule has 9 nitrogen and oxygen atoms in total. The number of fused-ring (bicyclic) bond motifs is 2. The van der Waals surface area contributed by atoms with Crippen LogP contribution in [0, 0.1) is 0 Å². The summed E-state index contributed by atoms with van der Waals surface area (Å²) in [6.45, 7) is 4.60. The summed E-state index contributed by atoms with van der Waals surface area (Å²) in [5.41, 5.74) is 0.877.